The summed E-state index contributed by atoms with van der Waals surface area (Å²) in [4.78, 5) is 23.5. The van der Waals surface area contributed by atoms with Gasteiger partial charge in [-0.2, -0.15) is 0 Å². The Hall–Kier alpha value is -1.55. The molecule has 2 rings (SSSR count). The molecule has 0 spiro atoms. The van der Waals surface area contributed by atoms with Crippen molar-refractivity contribution in [1.29, 1.82) is 0 Å². The highest BCUT2D eigenvalue weighted by Gasteiger charge is 2.32. The van der Waals surface area contributed by atoms with Crippen LogP contribution in [0, 0.1) is 11.8 Å². The maximum atomic E-state index is 12.4. The highest BCUT2D eigenvalue weighted by Crippen LogP contribution is 2.24. The summed E-state index contributed by atoms with van der Waals surface area (Å²) in [7, 11) is 0. The Labute approximate surface area is 142 Å². The van der Waals surface area contributed by atoms with Gasteiger partial charge in [-0.15, -0.1) is 0 Å². The summed E-state index contributed by atoms with van der Waals surface area (Å²) in [6.07, 6.45) is 1.39. The molecular formula is C18H24ClNO3. The molecule has 1 fully saturated rings. The molecule has 1 saturated heterocycles. The molecule has 1 aromatic rings. The lowest BCUT2D eigenvalue weighted by molar-refractivity contribution is -0.138. The first-order chi connectivity index (χ1) is 10.8. The van der Waals surface area contributed by atoms with Crippen LogP contribution in [-0.4, -0.2) is 24.0 Å². The van der Waals surface area contributed by atoms with E-state index in [0.717, 1.165) is 12.0 Å². The van der Waals surface area contributed by atoms with Gasteiger partial charge in [-0.05, 0) is 37.0 Å². The first-order valence-corrected chi connectivity index (χ1v) is 8.37. The number of carbonyl (C=O) groups is 2. The number of carbonyl (C=O) groups excluding carboxylic acids is 2. The Balaban J connectivity index is 2.00. The minimum Gasteiger partial charge on any atom is -0.465 e. The molecule has 0 radical (unpaired) electrons. The second-order valence-corrected chi connectivity index (χ2v) is 7.32. The average molecular weight is 338 g/mol. The second kappa shape index (κ2) is 7.35. The van der Waals surface area contributed by atoms with Crippen LogP contribution < -0.4 is 5.32 Å². The molecule has 1 aliphatic heterocycles. The van der Waals surface area contributed by atoms with Gasteiger partial charge >= 0.3 is 5.97 Å². The lowest BCUT2D eigenvalue weighted by Gasteiger charge is -2.35. The van der Waals surface area contributed by atoms with Gasteiger partial charge in [0, 0.05) is 22.9 Å². The molecule has 1 amide bonds. The van der Waals surface area contributed by atoms with Crippen LogP contribution in [0.5, 0.6) is 0 Å². The van der Waals surface area contributed by atoms with Crippen molar-refractivity contribution in [2.75, 3.05) is 6.61 Å². The van der Waals surface area contributed by atoms with Crippen LogP contribution in [0.2, 0.25) is 5.02 Å². The molecular weight excluding hydrogens is 314 g/mol. The molecule has 0 aromatic heterocycles. The Bertz CT molecular complexity index is 570. The third kappa shape index (κ3) is 4.96. The number of ether oxygens (including phenoxy) is 1. The zero-order valence-corrected chi connectivity index (χ0v) is 14.7. The fraction of sp³-hybridized carbons (Fsp3) is 0.556. The zero-order valence-electron chi connectivity index (χ0n) is 13.9. The Kier molecular flexibility index (Phi) is 5.69. The number of nitrogens with one attached hydrogen (secondary N) is 1. The van der Waals surface area contributed by atoms with Crippen molar-refractivity contribution in [3.63, 3.8) is 0 Å². The number of amides is 1. The monoisotopic (exact) mass is 337 g/mol. The maximum absolute atomic E-state index is 12.4. The van der Waals surface area contributed by atoms with Gasteiger partial charge in [0.2, 0.25) is 5.91 Å². The Morgan fingerprint density at radius 3 is 2.57 bits per heavy atom. The van der Waals surface area contributed by atoms with Gasteiger partial charge in [-0.25, -0.2) is 0 Å². The highest BCUT2D eigenvalue weighted by atomic mass is 35.5. The van der Waals surface area contributed by atoms with E-state index in [2.05, 4.69) is 26.1 Å². The molecule has 1 N–H and O–H groups in total. The molecule has 1 aromatic carbocycles. The molecule has 0 saturated carbocycles. The molecule has 23 heavy (non-hydrogen) atoms. The maximum Gasteiger partial charge on any atom is 0.306 e. The van der Waals surface area contributed by atoms with E-state index in [9.17, 15) is 9.59 Å². The smallest absolute Gasteiger partial charge is 0.306 e. The lowest BCUT2D eigenvalue weighted by Crippen LogP contribution is -2.52. The molecule has 0 aliphatic carbocycles. The summed E-state index contributed by atoms with van der Waals surface area (Å²) in [5.41, 5.74) is 0.777. The minimum atomic E-state index is -0.353. The Morgan fingerprint density at radius 1 is 1.39 bits per heavy atom. The number of rotatable bonds is 6. The van der Waals surface area contributed by atoms with Crippen molar-refractivity contribution >= 4 is 23.5 Å². The molecule has 1 heterocycles. The van der Waals surface area contributed by atoms with Crippen molar-refractivity contribution in [1.82, 2.24) is 5.32 Å². The fourth-order valence-electron chi connectivity index (χ4n) is 2.75. The largest absolute Gasteiger partial charge is 0.465 e. The third-order valence-corrected chi connectivity index (χ3v) is 4.85. The van der Waals surface area contributed by atoms with Gasteiger partial charge in [0.25, 0.3) is 0 Å². The van der Waals surface area contributed by atoms with E-state index >= 15 is 0 Å². The van der Waals surface area contributed by atoms with Crippen molar-refractivity contribution < 1.29 is 14.3 Å². The lowest BCUT2D eigenvalue weighted by atomic mass is 9.82. The molecule has 126 valence electrons. The summed E-state index contributed by atoms with van der Waals surface area (Å²) >= 11 is 5.93. The molecule has 2 atom stereocenters. The van der Waals surface area contributed by atoms with E-state index < -0.39 is 0 Å². The number of esters is 1. The summed E-state index contributed by atoms with van der Waals surface area (Å²) in [6, 6.07) is 7.69. The topological polar surface area (TPSA) is 55.4 Å². The number of hydrogen-bond acceptors (Lipinski definition) is 3. The van der Waals surface area contributed by atoms with Crippen LogP contribution in [-0.2, 0) is 20.7 Å². The van der Waals surface area contributed by atoms with Gasteiger partial charge in [-0.1, -0.05) is 37.6 Å². The SMILES string of the molecule is CC(C)[C@@](C)(Cc1ccc(Cl)cc1)NC(=O)C[C@@H]1COC(=O)C1. The average Bonchev–Trinajstić information content (AvgIpc) is 2.86. The normalized spacial score (nSPS) is 20.2. The standard InChI is InChI=1S/C18H24ClNO3/c1-12(2)18(3,10-13-4-6-15(19)7-5-13)20-16(21)8-14-9-17(22)23-11-14/h4-7,12,14H,8-11H2,1-3H3,(H,20,21)/t14-,18+/m0/s1. The van der Waals surface area contributed by atoms with Crippen molar-refractivity contribution in [3.8, 4) is 0 Å². The van der Waals surface area contributed by atoms with E-state index in [1.165, 1.54) is 0 Å². The quantitative estimate of drug-likeness (QED) is 0.810. The summed E-state index contributed by atoms with van der Waals surface area (Å²) in [5.74, 6) is 0.0204. The molecule has 0 unspecified atom stereocenters. The molecule has 0 bridgehead atoms. The van der Waals surface area contributed by atoms with Gasteiger partial charge in [0.05, 0.1) is 13.0 Å². The highest BCUT2D eigenvalue weighted by molar-refractivity contribution is 6.30. The van der Waals surface area contributed by atoms with Crippen LogP contribution in [0.3, 0.4) is 0 Å². The first-order valence-electron chi connectivity index (χ1n) is 7.99. The second-order valence-electron chi connectivity index (χ2n) is 6.88. The predicted octanol–water partition coefficient (Wildman–Crippen LogP) is 3.37. The van der Waals surface area contributed by atoms with Crippen LogP contribution in [0.4, 0.5) is 0 Å². The third-order valence-electron chi connectivity index (χ3n) is 4.59. The summed E-state index contributed by atoms with van der Waals surface area (Å²) in [6.45, 7) is 6.60. The minimum absolute atomic E-state index is 0.00514. The van der Waals surface area contributed by atoms with Crippen molar-refractivity contribution in [2.45, 2.75) is 45.6 Å². The number of cyclic esters (lactones) is 1. The number of benzene rings is 1. The fourth-order valence-corrected chi connectivity index (χ4v) is 2.87. The number of halogens is 1. The first kappa shape index (κ1) is 17.8. The summed E-state index contributed by atoms with van der Waals surface area (Å²) < 4.78 is 4.92. The predicted molar refractivity (Wildman–Crippen MR) is 90.2 cm³/mol. The van der Waals surface area contributed by atoms with E-state index in [0.29, 0.717) is 24.5 Å². The molecule has 1 aliphatic rings. The molecule has 5 heteroatoms. The van der Waals surface area contributed by atoms with Crippen LogP contribution >= 0.6 is 11.6 Å². The van der Waals surface area contributed by atoms with Gasteiger partial charge in [-0.3, -0.25) is 9.59 Å². The van der Waals surface area contributed by atoms with E-state index in [1.807, 2.05) is 24.3 Å². The zero-order chi connectivity index (χ0) is 17.0. The van der Waals surface area contributed by atoms with Crippen LogP contribution in [0.15, 0.2) is 24.3 Å². The van der Waals surface area contributed by atoms with Crippen molar-refractivity contribution in [2.24, 2.45) is 11.8 Å². The van der Waals surface area contributed by atoms with Crippen LogP contribution in [0.1, 0.15) is 39.2 Å². The van der Waals surface area contributed by atoms with Gasteiger partial charge in [0.1, 0.15) is 0 Å². The number of hydrogen-bond donors (Lipinski definition) is 1. The van der Waals surface area contributed by atoms with E-state index in [-0.39, 0.29) is 29.3 Å². The van der Waals surface area contributed by atoms with Crippen LogP contribution in [0.25, 0.3) is 0 Å². The van der Waals surface area contributed by atoms with Gasteiger partial charge in [0.15, 0.2) is 0 Å². The Morgan fingerprint density at radius 2 is 2.04 bits per heavy atom. The van der Waals surface area contributed by atoms with E-state index in [4.69, 9.17) is 16.3 Å². The summed E-state index contributed by atoms with van der Waals surface area (Å²) in [5, 5.41) is 3.86. The molecule has 4 nitrogen and oxygen atoms in total. The van der Waals surface area contributed by atoms with Gasteiger partial charge < -0.3 is 10.1 Å². The van der Waals surface area contributed by atoms with E-state index in [1.54, 1.807) is 0 Å². The van der Waals surface area contributed by atoms with Crippen molar-refractivity contribution in [3.05, 3.63) is 34.9 Å².